The number of carbonyl (C=O) groups is 3. The van der Waals surface area contributed by atoms with Gasteiger partial charge in [-0.1, -0.05) is 123 Å². The number of carboxylic acids is 1. The SMILES string of the molecule is CCC(C)n1ncc2nc(C(=O)NC3CC3)nc(N[C@@H](c3cnc4ccccc4c3)C3CC3)c21.CCC(C)n1ncc2nc(C(=O)O)nc(N[C@@H](c3cnc4ccccc4c3)C3CC3)c21.CCC(C)n1ncc2nc(C(=O)OC)nc(N[C@@H](c3cnc4ccccc4c3)C3CC3)c21.CCC(C)n1ncc2nc(Cl)nc(N[C@@H](c3cnc4ccccc4c3)C3CC3)c21.CI.[I][V][I].[I][V][I].[Li+].[OH-]. The van der Waals surface area contributed by atoms with E-state index in [0.29, 0.717) is 76.6 Å². The second-order valence-electron chi connectivity index (χ2n) is 34.2. The molecular formula is C96H106ClI5LiN25O6V2. The van der Waals surface area contributed by atoms with Crippen LogP contribution in [-0.4, -0.2) is 145 Å². The minimum Gasteiger partial charge on any atom is -0.870 e. The number of nitrogens with one attached hydrogen (secondary N) is 5. The summed E-state index contributed by atoms with van der Waals surface area (Å²) in [6.45, 7) is 17.0. The molecule has 4 unspecified atom stereocenters. The van der Waals surface area contributed by atoms with Gasteiger partial charge in [0.2, 0.25) is 22.8 Å². The third kappa shape index (κ3) is 25.7. The molecule has 5 fully saturated rings. The topological polar surface area (TPSA) is 397 Å². The van der Waals surface area contributed by atoms with Gasteiger partial charge in [0.15, 0.2) is 23.3 Å². The van der Waals surface area contributed by atoms with Crippen molar-refractivity contribution in [1.82, 2.24) is 104 Å². The first-order valence-electron chi connectivity index (χ1n) is 45.2. The Morgan fingerprint density at radius 2 is 0.669 bits per heavy atom. The average Bonchev–Trinajstić information content (AvgIpc) is 1.59. The quantitative estimate of drug-likeness (QED) is 0.00872. The minimum atomic E-state index is -1.16. The average molecular weight is 2480 g/mol. The van der Waals surface area contributed by atoms with Gasteiger partial charge in [-0.05, 0) is 229 Å². The van der Waals surface area contributed by atoms with Gasteiger partial charge < -0.3 is 41.9 Å². The second kappa shape index (κ2) is 49.4. The number of methoxy groups -OCH3 is 1. The maximum atomic E-state index is 12.8. The Labute approximate surface area is 877 Å². The molecule has 0 radical (unpaired) electrons. The molecule has 16 aromatic rings. The van der Waals surface area contributed by atoms with Crippen LogP contribution in [0.25, 0.3) is 87.7 Å². The number of pyridine rings is 4. The van der Waals surface area contributed by atoms with Crippen LogP contribution in [0.5, 0.6) is 0 Å². The molecule has 0 spiro atoms. The molecule has 5 saturated carbocycles. The van der Waals surface area contributed by atoms with Gasteiger partial charge in [0.25, 0.3) is 5.91 Å². The number of carboxylic acid groups (broad SMARTS) is 1. The summed E-state index contributed by atoms with van der Waals surface area (Å²) in [7, 11) is 2.59. The van der Waals surface area contributed by atoms with E-state index >= 15 is 0 Å². The number of hydrogen-bond acceptors (Lipinski definition) is 25. The minimum absolute atomic E-state index is 0. The first-order valence-corrected chi connectivity index (χ1v) is 65.7. The number of ether oxygens (including phenoxy) is 1. The van der Waals surface area contributed by atoms with E-state index < -0.39 is 11.9 Å². The summed E-state index contributed by atoms with van der Waals surface area (Å²) in [6.07, 6.45) is 29.5. The number of halogens is 6. The van der Waals surface area contributed by atoms with Crippen LogP contribution < -0.4 is 45.4 Å². The molecule has 0 saturated heterocycles. The number of anilines is 4. The van der Waals surface area contributed by atoms with Crippen molar-refractivity contribution in [2.45, 2.75) is 200 Å². The van der Waals surface area contributed by atoms with E-state index in [1.54, 1.807) is 24.8 Å². The molecule has 12 heterocycles. The zero-order chi connectivity index (χ0) is 94.4. The standard InChI is InChI=1S/C26H29N7O.C24H26N6O2.C23H24N6O2.C22H23ClN6.CH3I.4HI.Li.H2O.2V/c1-3-15(2)33-23-21(14-28-33)30-25(26(34)29-19-10-11-19)32-24(23)31-22(16-8-9-16)18-12-17-6-4-5-7-20(17)27-13-18;1-4-14(2)30-21-19(13-26-30)27-23(24(31)32-3)29-22(21)28-20(15-9-10-15)17-11-16-7-5-6-8-18(16)25-12-17;1-3-13(2)29-20-18(12-25-29)26-22(23(30)31)28-21(20)27-19(14-8-9-14)16-10-15-6-4-5-7-17(15)24-11-16;1-3-13(2)29-20-18(12-25-29)26-22(23)28-21(20)27-19(14-8-9-14)16-10-15-6-4-5-7-17(15)24-11-16;1-2;;;;;;;;/h4-7,12-16,19,22H,3,8-11H2,1-2H3,(H,29,34)(H,30,31,32);5-8,11-15,20H,4,9-10H2,1-3H3,(H,27,28,29);4-7,10-14,19H,3,8-9H2,1-2H3,(H,30,31)(H,26,27,28);4-7,10-14,19H,3,8-9H2,1-2H3,(H,26,27,28);1H3;4*1H;;1H2;;/q;;;;;;;;;+1;;2*+2/p-5/t15?,22-;14?,20-;2*13?,19-;;;;;;;;;/m1111........./s1. The van der Waals surface area contributed by atoms with Crippen LogP contribution in [0, 0.1) is 23.7 Å². The Bertz CT molecular complexity index is 6830. The van der Waals surface area contributed by atoms with Crippen LogP contribution in [0.2, 0.25) is 5.28 Å². The van der Waals surface area contributed by atoms with Crippen molar-refractivity contribution in [3.63, 3.8) is 0 Å². The van der Waals surface area contributed by atoms with Gasteiger partial charge in [-0.3, -0.25) is 43.5 Å². The zero-order valence-electron chi connectivity index (χ0n) is 77.2. The van der Waals surface area contributed by atoms with Crippen molar-refractivity contribution in [2.24, 2.45) is 23.7 Å². The number of carbonyl (C=O) groups excluding carboxylic acids is 2. The molecule has 1 amide bonds. The molecule has 12 aromatic heterocycles. The number of fused-ring (bicyclic) bond motifs is 8. The molecule has 31 nitrogen and oxygen atoms in total. The van der Waals surface area contributed by atoms with Crippen molar-refractivity contribution in [1.29, 1.82) is 0 Å². The first kappa shape index (κ1) is 105. The Balaban J connectivity index is 0.000000149. The predicted molar refractivity (Wildman–Crippen MR) is 566 cm³/mol. The van der Waals surface area contributed by atoms with Crippen molar-refractivity contribution in [3.8, 4) is 0 Å². The summed E-state index contributed by atoms with van der Waals surface area (Å²) in [6, 6.07) is 42.5. The summed E-state index contributed by atoms with van der Waals surface area (Å²) >= 11 is 17.9. The Kier molecular flexibility index (Phi) is 38.3. The van der Waals surface area contributed by atoms with Crippen LogP contribution in [0.3, 0.4) is 0 Å². The molecule has 8 atom stereocenters. The Morgan fingerprint density at radius 1 is 0.404 bits per heavy atom. The molecule has 136 heavy (non-hydrogen) atoms. The van der Waals surface area contributed by atoms with Crippen LogP contribution in [-0.2, 0) is 23.7 Å². The molecule has 21 rings (SSSR count). The van der Waals surface area contributed by atoms with Crippen LogP contribution >= 0.6 is 114 Å². The zero-order valence-corrected chi connectivity index (χ0v) is 91.5. The van der Waals surface area contributed by atoms with E-state index in [9.17, 15) is 19.5 Å². The smallest absolute Gasteiger partial charge is 0.870 e. The molecule has 704 valence electrons. The van der Waals surface area contributed by atoms with Gasteiger partial charge >= 0.3 is 130 Å². The number of rotatable bonds is 28. The molecular weight excluding hydrogens is 2380 g/mol. The van der Waals surface area contributed by atoms with Gasteiger partial charge in [-0.15, -0.1) is 0 Å². The summed E-state index contributed by atoms with van der Waals surface area (Å²) in [4.78, 5) is 93.2. The molecule has 4 aromatic carbocycles. The predicted octanol–water partition coefficient (Wildman–Crippen LogP) is 21.1. The number of hydrogen-bond donors (Lipinski definition) is 6. The molecule has 7 N–H and O–H groups in total. The number of alkyl halides is 1. The maximum Gasteiger partial charge on any atom is 1.00 e. The third-order valence-corrected chi connectivity index (χ3v) is 25.1. The van der Waals surface area contributed by atoms with Crippen molar-refractivity contribution >= 4 is 243 Å². The van der Waals surface area contributed by atoms with Crippen LogP contribution in [0.1, 0.15) is 248 Å². The van der Waals surface area contributed by atoms with Crippen LogP contribution in [0.4, 0.5) is 23.3 Å². The third-order valence-electron chi connectivity index (χ3n) is 24.9. The van der Waals surface area contributed by atoms with E-state index in [4.69, 9.17) is 26.3 Å². The number of amides is 1. The fraction of sp³-hybridized carbons (Fsp3) is 0.385. The second-order valence-corrected chi connectivity index (χ2v) is 58.1. The molecule has 5 aliphatic rings. The van der Waals surface area contributed by atoms with Crippen molar-refractivity contribution in [2.75, 3.05) is 33.3 Å². The first-order chi connectivity index (χ1) is 65.2. The van der Waals surface area contributed by atoms with Crippen LogP contribution in [0.15, 0.2) is 171 Å². The number of aromatic nitrogens is 20. The number of para-hydroxylation sites is 4. The fourth-order valence-corrected chi connectivity index (χ4v) is 16.5. The summed E-state index contributed by atoms with van der Waals surface area (Å²) < 4.78 is 12.7. The normalized spacial score (nSPS) is 15.4. The molecule has 0 aliphatic heterocycles. The number of aromatic carboxylic acids is 1. The fourth-order valence-electron chi connectivity index (χ4n) is 16.3. The van der Waals surface area contributed by atoms with E-state index in [1.165, 1.54) is 25.5 Å². The van der Waals surface area contributed by atoms with Crippen molar-refractivity contribution < 1.29 is 67.5 Å². The van der Waals surface area contributed by atoms with Gasteiger partial charge in [0, 0.05) is 76.5 Å². The Morgan fingerprint density at radius 3 is 0.949 bits per heavy atom. The number of esters is 1. The summed E-state index contributed by atoms with van der Waals surface area (Å²) in [5, 5.41) is 50.0. The van der Waals surface area contributed by atoms with Gasteiger partial charge in [0.1, 0.15) is 44.1 Å². The van der Waals surface area contributed by atoms with Gasteiger partial charge in [0.05, 0.1) is 78.1 Å². The molecule has 5 aliphatic carbocycles. The maximum absolute atomic E-state index is 12.8. The largest absolute Gasteiger partial charge is 1.00 e. The molecule has 40 heteroatoms. The van der Waals surface area contributed by atoms with Crippen molar-refractivity contribution in [3.05, 3.63) is 216 Å². The monoisotopic (exact) mass is 2480 g/mol. The number of nitrogens with zero attached hydrogens (tertiary/aromatic N) is 20. The van der Waals surface area contributed by atoms with E-state index in [2.05, 4.69) is 303 Å². The Hall–Kier alpha value is -8.00. The number of benzene rings is 4. The summed E-state index contributed by atoms with van der Waals surface area (Å²) in [5.74, 6) is 2.51. The molecule has 0 bridgehead atoms. The summed E-state index contributed by atoms with van der Waals surface area (Å²) in [5.41, 5.74) is 14.3. The van der Waals surface area contributed by atoms with Gasteiger partial charge in [-0.25, -0.2) is 44.5 Å². The van der Waals surface area contributed by atoms with E-state index in [-0.39, 0.29) is 107 Å². The van der Waals surface area contributed by atoms with E-state index in [1.807, 2.05) is 121 Å². The van der Waals surface area contributed by atoms with Gasteiger partial charge in [-0.2, -0.15) is 25.4 Å². The van der Waals surface area contributed by atoms with E-state index in [0.717, 1.165) is 171 Å².